The summed E-state index contributed by atoms with van der Waals surface area (Å²) in [5, 5.41) is 5.96. The number of hydrogen-bond donors (Lipinski definition) is 0. The highest BCUT2D eigenvalue weighted by molar-refractivity contribution is 8.00. The first-order valence-electron chi connectivity index (χ1n) is 16.0. The van der Waals surface area contributed by atoms with Crippen molar-refractivity contribution in [1.82, 2.24) is 0 Å². The molecule has 0 saturated carbocycles. The summed E-state index contributed by atoms with van der Waals surface area (Å²) in [5.41, 5.74) is 11.1. The van der Waals surface area contributed by atoms with Gasteiger partial charge in [0.1, 0.15) is 0 Å². The van der Waals surface area contributed by atoms with Gasteiger partial charge < -0.3 is 4.90 Å². The first-order valence-corrected chi connectivity index (χ1v) is 18.8. The van der Waals surface area contributed by atoms with Gasteiger partial charge in [-0.1, -0.05) is 135 Å². The third-order valence-electron chi connectivity index (χ3n) is 10.2. The fourth-order valence-corrected chi connectivity index (χ4v) is 15.0. The second-order valence-corrected chi connectivity index (χ2v) is 18.6. The highest BCUT2D eigenvalue weighted by Gasteiger charge is 2.55. The van der Waals surface area contributed by atoms with Crippen LogP contribution in [0.4, 0.5) is 17.1 Å². The van der Waals surface area contributed by atoms with Gasteiger partial charge in [0.2, 0.25) is 6.71 Å². The van der Waals surface area contributed by atoms with Crippen molar-refractivity contribution >= 4 is 80.7 Å². The monoisotopic (exact) mass is 611 g/mol. The molecule has 9 rings (SSSR count). The molecule has 3 aliphatic rings. The van der Waals surface area contributed by atoms with Crippen molar-refractivity contribution in [3.8, 4) is 0 Å². The Labute approximate surface area is 272 Å². The quantitative estimate of drug-likeness (QED) is 0.234. The third-order valence-corrected chi connectivity index (χ3v) is 16.2. The van der Waals surface area contributed by atoms with E-state index in [0.29, 0.717) is 0 Å². The summed E-state index contributed by atoms with van der Waals surface area (Å²) < 4.78 is 0. The molecule has 0 radical (unpaired) electrons. The zero-order valence-corrected chi connectivity index (χ0v) is 28.0. The molecule has 1 nitrogen and oxygen atoms in total. The molecule has 0 aromatic heterocycles. The fourth-order valence-electron chi connectivity index (χ4n) is 8.32. The number of nitrogens with zero attached hydrogens (tertiary/aromatic N) is 1. The average molecular weight is 612 g/mol. The van der Waals surface area contributed by atoms with Gasteiger partial charge in [0, 0.05) is 26.9 Å². The molecule has 0 spiro atoms. The number of benzene rings is 6. The van der Waals surface area contributed by atoms with E-state index in [9.17, 15) is 0 Å². The molecule has 0 aliphatic carbocycles. The number of aryl methyl sites for hydroxylation is 1. The Bertz CT molecular complexity index is 2090. The largest absolute Gasteiger partial charge is 0.311 e. The van der Waals surface area contributed by atoms with Crippen LogP contribution in [0.15, 0.2) is 143 Å². The van der Waals surface area contributed by atoms with Gasteiger partial charge in [-0.3, -0.25) is 0 Å². The minimum Gasteiger partial charge on any atom is -0.311 e. The lowest BCUT2D eigenvalue weighted by molar-refractivity contribution is 0.590. The van der Waals surface area contributed by atoms with E-state index in [1.54, 1.807) is 5.19 Å². The van der Waals surface area contributed by atoms with E-state index < -0.39 is 8.07 Å². The highest BCUT2D eigenvalue weighted by atomic mass is 32.2. The van der Waals surface area contributed by atoms with Crippen molar-refractivity contribution in [3.05, 3.63) is 145 Å². The van der Waals surface area contributed by atoms with Crippen LogP contribution in [0.5, 0.6) is 0 Å². The zero-order valence-electron chi connectivity index (χ0n) is 26.1. The van der Waals surface area contributed by atoms with Crippen molar-refractivity contribution in [1.29, 1.82) is 0 Å². The van der Waals surface area contributed by atoms with Crippen molar-refractivity contribution < 1.29 is 0 Å². The van der Waals surface area contributed by atoms with Crippen LogP contribution < -0.4 is 42.0 Å². The van der Waals surface area contributed by atoms with Gasteiger partial charge in [-0.2, -0.15) is 0 Å². The van der Waals surface area contributed by atoms with Gasteiger partial charge >= 0.3 is 0 Å². The minimum atomic E-state index is -2.67. The summed E-state index contributed by atoms with van der Waals surface area (Å²) in [5.74, 6) is 0. The molecule has 0 saturated heterocycles. The molecule has 3 heterocycles. The number of anilines is 3. The van der Waals surface area contributed by atoms with Gasteiger partial charge in [-0.25, -0.2) is 0 Å². The van der Waals surface area contributed by atoms with Crippen LogP contribution >= 0.6 is 11.8 Å². The molecule has 0 N–H and O–H groups in total. The molecule has 3 aliphatic heterocycles. The summed E-state index contributed by atoms with van der Waals surface area (Å²) in [4.78, 5) is 5.38. The molecule has 6 aromatic carbocycles. The van der Waals surface area contributed by atoms with Gasteiger partial charge in [0.05, 0.1) is 0 Å². The molecular formula is C41H34BNSSi. The van der Waals surface area contributed by atoms with E-state index in [-0.39, 0.29) is 12.1 Å². The lowest BCUT2D eigenvalue weighted by Gasteiger charge is -2.49. The van der Waals surface area contributed by atoms with Crippen LogP contribution in [0.1, 0.15) is 31.9 Å². The Balaban J connectivity index is 1.43. The predicted molar refractivity (Wildman–Crippen MR) is 197 cm³/mol. The molecule has 216 valence electrons. The average Bonchev–Trinajstić information content (AvgIpc) is 3.05. The van der Waals surface area contributed by atoms with Crippen LogP contribution in [0.25, 0.3) is 0 Å². The predicted octanol–water partition coefficient (Wildman–Crippen LogP) is 5.75. The van der Waals surface area contributed by atoms with Crippen LogP contribution in [0.2, 0.25) is 0 Å². The molecule has 4 heteroatoms. The SMILES string of the molecule is Cc1cc2c3c(c1)N(c1ccc(C(C)(C)C)cc1)c1cccc4c1B3c1c(cccc1[Si]4(c1ccccc1)c1ccccc1)S2. The molecule has 0 fully saturated rings. The lowest BCUT2D eigenvalue weighted by Crippen LogP contribution is -2.88. The maximum absolute atomic E-state index is 2.67. The van der Waals surface area contributed by atoms with Gasteiger partial charge in [0.25, 0.3) is 0 Å². The van der Waals surface area contributed by atoms with Crippen LogP contribution in [0.3, 0.4) is 0 Å². The van der Waals surface area contributed by atoms with E-state index in [2.05, 4.69) is 166 Å². The Morgan fingerprint density at radius 3 is 1.84 bits per heavy atom. The van der Waals surface area contributed by atoms with Crippen molar-refractivity contribution in [2.45, 2.75) is 42.9 Å². The van der Waals surface area contributed by atoms with Crippen LogP contribution in [-0.4, -0.2) is 14.8 Å². The summed E-state index contributed by atoms with van der Waals surface area (Å²) in [6.07, 6.45) is 0. The molecule has 0 amide bonds. The summed E-state index contributed by atoms with van der Waals surface area (Å²) in [7, 11) is -2.67. The van der Waals surface area contributed by atoms with Crippen molar-refractivity contribution in [2.24, 2.45) is 0 Å². The van der Waals surface area contributed by atoms with E-state index in [0.717, 1.165) is 0 Å². The van der Waals surface area contributed by atoms with E-state index in [1.807, 2.05) is 11.8 Å². The van der Waals surface area contributed by atoms with Gasteiger partial charge in [-0.05, 0) is 91.5 Å². The smallest absolute Gasteiger partial charge is 0.249 e. The van der Waals surface area contributed by atoms with Crippen LogP contribution in [-0.2, 0) is 5.41 Å². The second-order valence-electron chi connectivity index (χ2n) is 13.8. The van der Waals surface area contributed by atoms with Crippen molar-refractivity contribution in [2.75, 3.05) is 4.90 Å². The van der Waals surface area contributed by atoms with Gasteiger partial charge in [0.15, 0.2) is 8.07 Å². The highest BCUT2D eigenvalue weighted by Crippen LogP contribution is 2.43. The molecule has 0 unspecified atom stereocenters. The fraction of sp³-hybridized carbons (Fsp3) is 0.122. The van der Waals surface area contributed by atoms with E-state index in [4.69, 9.17) is 0 Å². The first kappa shape index (κ1) is 27.1. The molecule has 45 heavy (non-hydrogen) atoms. The Morgan fingerprint density at radius 1 is 0.578 bits per heavy atom. The topological polar surface area (TPSA) is 3.24 Å². The standard InChI is InChI=1S/C41H34BNSSi/c1-27-25-33-38-35(26-27)44-34-18-12-20-37-40(34)42(38)39-32(43(33)29-23-21-28(22-24-29)41(2,3)4)17-11-19-36(39)45(37,30-13-7-5-8-14-30)31-15-9-6-10-16-31/h5-26H,1-4H3. The lowest BCUT2D eigenvalue weighted by atomic mass is 9.34. The summed E-state index contributed by atoms with van der Waals surface area (Å²) >= 11 is 1.97. The second kappa shape index (κ2) is 9.63. The maximum Gasteiger partial charge on any atom is 0.249 e. The maximum atomic E-state index is 2.57. The molecular weight excluding hydrogens is 577 g/mol. The van der Waals surface area contributed by atoms with Crippen LogP contribution in [0, 0.1) is 6.92 Å². The third kappa shape index (κ3) is 3.70. The molecule has 0 atom stereocenters. The summed E-state index contributed by atoms with van der Waals surface area (Å²) in [6.45, 7) is 9.34. The van der Waals surface area contributed by atoms with E-state index in [1.165, 1.54) is 69.9 Å². The van der Waals surface area contributed by atoms with Gasteiger partial charge in [-0.15, -0.1) is 0 Å². The van der Waals surface area contributed by atoms with E-state index >= 15 is 0 Å². The zero-order chi connectivity index (χ0) is 30.5. The molecule has 0 bridgehead atoms. The minimum absolute atomic E-state index is 0.104. The Morgan fingerprint density at radius 2 is 1.20 bits per heavy atom. The Kier molecular flexibility index (Phi) is 5.80. The molecule has 6 aromatic rings. The van der Waals surface area contributed by atoms with Crippen molar-refractivity contribution in [3.63, 3.8) is 0 Å². The first-order chi connectivity index (χ1) is 21.9. The summed E-state index contributed by atoms with van der Waals surface area (Å²) in [6, 6.07) is 51.3. The number of hydrogen-bond acceptors (Lipinski definition) is 2. The normalized spacial score (nSPS) is 15.1. The number of rotatable bonds is 3. The Hall–Kier alpha value is -4.25.